The zero-order valence-electron chi connectivity index (χ0n) is 26.3. The van der Waals surface area contributed by atoms with E-state index in [1.165, 1.54) is 44.9 Å². The van der Waals surface area contributed by atoms with Gasteiger partial charge in [-0.1, -0.05) is 20.3 Å². The smallest absolute Gasteiger partial charge is 0.303 e. The third-order valence-electron chi connectivity index (χ3n) is 13.5. The number of rotatable bonds is 4. The Morgan fingerprint density at radius 3 is 2.22 bits per heavy atom. The van der Waals surface area contributed by atoms with Gasteiger partial charge in [-0.2, -0.15) is 0 Å². The number of nitrogens with zero attached hydrogens (tertiary/aromatic N) is 2. The second kappa shape index (κ2) is 12.0. The molecule has 6 aliphatic rings. The quantitative estimate of drug-likeness (QED) is 0.371. The highest BCUT2D eigenvalue weighted by molar-refractivity contribution is 5.66. The summed E-state index contributed by atoms with van der Waals surface area (Å²) < 4.78 is 13.5. The van der Waals surface area contributed by atoms with Gasteiger partial charge in [0.2, 0.25) is 0 Å². The minimum absolute atomic E-state index is 0. The molecule has 0 amide bonds. The van der Waals surface area contributed by atoms with Gasteiger partial charge in [0.15, 0.2) is 6.10 Å². The molecule has 1 N–H and O–H groups in total. The Kier molecular flexibility index (Phi) is 9.29. The number of nitrogens with one attached hydrogen (secondary N) is 1. The van der Waals surface area contributed by atoms with Gasteiger partial charge in [0.05, 0.1) is 20.1 Å². The molecule has 0 bridgehead atoms. The number of carbonyl (C=O) groups is 2. The minimum atomic E-state index is -0.115. The van der Waals surface area contributed by atoms with Crippen LogP contribution in [0.4, 0.5) is 0 Å². The lowest BCUT2D eigenvalue weighted by Crippen LogP contribution is -3.00. The number of piperidine rings is 1. The summed E-state index contributed by atoms with van der Waals surface area (Å²) in [5, 5.41) is 3.56. The Bertz CT molecular complexity index is 968. The predicted molar refractivity (Wildman–Crippen MR) is 155 cm³/mol. The molecule has 0 aromatic carbocycles. The number of carbonyl (C=O) groups excluding carboxylic acids is 2. The van der Waals surface area contributed by atoms with E-state index in [9.17, 15) is 9.59 Å². The molecule has 0 aromatic heterocycles. The average molecular weight is 639 g/mol. The van der Waals surface area contributed by atoms with Gasteiger partial charge >= 0.3 is 11.9 Å². The van der Waals surface area contributed by atoms with Crippen molar-refractivity contribution in [3.63, 3.8) is 0 Å². The van der Waals surface area contributed by atoms with Crippen LogP contribution in [0.3, 0.4) is 0 Å². The van der Waals surface area contributed by atoms with Crippen molar-refractivity contribution in [1.29, 1.82) is 0 Å². The SMILES string of the molecule is CC(=O)O[C@H]1C[C@@H]2CC[C@@H]3[C@H](CC[C@@]4(C)[C@H]3C[C@H]([N+]3(C)CCNCC3)[C@@H]4OC(C)=O)[C@@]2(C)C[C@@H]1N1CCCCC1.[Br-]. The molecular weight excluding hydrogens is 582 g/mol. The highest BCUT2D eigenvalue weighted by atomic mass is 79.9. The molecule has 41 heavy (non-hydrogen) atoms. The third kappa shape index (κ3) is 5.55. The lowest BCUT2D eigenvalue weighted by Gasteiger charge is -2.62. The first kappa shape index (κ1) is 31.7. The van der Waals surface area contributed by atoms with Crippen molar-refractivity contribution in [2.75, 3.05) is 46.3 Å². The highest BCUT2D eigenvalue weighted by Crippen LogP contribution is 2.67. The van der Waals surface area contributed by atoms with E-state index in [0.717, 1.165) is 63.0 Å². The number of halogens is 1. The van der Waals surface area contributed by atoms with E-state index in [1.54, 1.807) is 13.8 Å². The number of hydrogen-bond donors (Lipinski definition) is 1. The zero-order valence-corrected chi connectivity index (χ0v) is 27.9. The molecule has 2 saturated heterocycles. The summed E-state index contributed by atoms with van der Waals surface area (Å²) in [4.78, 5) is 27.4. The van der Waals surface area contributed by atoms with Gasteiger partial charge in [-0.25, -0.2) is 0 Å². The average Bonchev–Trinajstić information content (AvgIpc) is 3.21. The summed E-state index contributed by atoms with van der Waals surface area (Å²) in [6, 6.07) is 0.749. The monoisotopic (exact) mass is 637 g/mol. The van der Waals surface area contributed by atoms with E-state index in [0.29, 0.717) is 35.8 Å². The third-order valence-corrected chi connectivity index (χ3v) is 13.5. The standard InChI is InChI=1S/C33H56N3O4.BrH/c1-22(37)39-30-19-24-9-10-25-26(33(24,4)21-28(30)35-15-7-6-8-16-35)11-12-32(3)27(25)20-29(31(32)40-23(2)38)36(5)17-13-34-14-18-36;/h24-31,34H,6-21H2,1-5H3;1H/q+1;/p-1/t24-,25+,26-,27-,28-,29-,30-,31-,32-,33-;/m0./s1. The fourth-order valence-electron chi connectivity index (χ4n) is 11.4. The van der Waals surface area contributed by atoms with Crippen molar-refractivity contribution < 1.29 is 40.5 Å². The maximum Gasteiger partial charge on any atom is 0.303 e. The number of likely N-dealkylation sites (tertiary alicyclic amines) is 1. The molecule has 6 rings (SSSR count). The number of likely N-dealkylation sites (N-methyl/N-ethyl adjacent to an activating group) is 1. The van der Waals surface area contributed by atoms with Crippen LogP contribution in [0.5, 0.6) is 0 Å². The topological polar surface area (TPSA) is 67.9 Å². The molecule has 10 atom stereocenters. The molecular formula is C33H56BrN3O4. The van der Waals surface area contributed by atoms with Crippen LogP contribution in [0.1, 0.15) is 91.9 Å². The Labute approximate surface area is 259 Å². The summed E-state index contributed by atoms with van der Waals surface area (Å²) in [5.74, 6) is 2.43. The van der Waals surface area contributed by atoms with E-state index in [2.05, 4.69) is 31.1 Å². The van der Waals surface area contributed by atoms with Crippen LogP contribution in [0.2, 0.25) is 0 Å². The van der Waals surface area contributed by atoms with E-state index < -0.39 is 0 Å². The van der Waals surface area contributed by atoms with Gasteiger partial charge in [0.1, 0.15) is 12.1 Å². The summed E-state index contributed by atoms with van der Waals surface area (Å²) in [5.41, 5.74) is 0.347. The number of fused-ring (bicyclic) bond motifs is 5. The molecule has 0 spiro atoms. The lowest BCUT2D eigenvalue weighted by molar-refractivity contribution is -0.937. The fraction of sp³-hybridized carbons (Fsp3) is 0.939. The maximum atomic E-state index is 12.5. The molecule has 2 aliphatic heterocycles. The van der Waals surface area contributed by atoms with Crippen molar-refractivity contribution >= 4 is 11.9 Å². The van der Waals surface area contributed by atoms with Crippen molar-refractivity contribution in [2.45, 2.75) is 116 Å². The second-order valence-corrected chi connectivity index (χ2v) is 15.5. The van der Waals surface area contributed by atoms with Gasteiger partial charge < -0.3 is 36.3 Å². The number of ether oxygens (including phenoxy) is 2. The molecule has 8 heteroatoms. The Balaban J connectivity index is 0.00000337. The Hall–Kier alpha value is -0.700. The summed E-state index contributed by atoms with van der Waals surface area (Å²) in [7, 11) is 2.43. The van der Waals surface area contributed by atoms with Gasteiger partial charge in [0, 0.05) is 44.8 Å². The van der Waals surface area contributed by atoms with Crippen LogP contribution < -0.4 is 22.3 Å². The summed E-state index contributed by atoms with van der Waals surface area (Å²) in [6.45, 7) is 15.0. The van der Waals surface area contributed by atoms with Crippen molar-refractivity contribution in [2.24, 2.45) is 34.5 Å². The van der Waals surface area contributed by atoms with Crippen LogP contribution in [0.15, 0.2) is 0 Å². The molecule has 234 valence electrons. The van der Waals surface area contributed by atoms with Gasteiger partial charge in [-0.3, -0.25) is 14.5 Å². The molecule has 0 aromatic rings. The molecule has 7 nitrogen and oxygen atoms in total. The number of esters is 2. The zero-order chi connectivity index (χ0) is 28.3. The summed E-state index contributed by atoms with van der Waals surface area (Å²) in [6.07, 6.45) is 12.2. The van der Waals surface area contributed by atoms with E-state index >= 15 is 0 Å². The van der Waals surface area contributed by atoms with Crippen molar-refractivity contribution in [1.82, 2.24) is 10.2 Å². The Morgan fingerprint density at radius 2 is 1.56 bits per heavy atom. The van der Waals surface area contributed by atoms with E-state index in [1.807, 2.05) is 0 Å². The molecule has 4 aliphatic carbocycles. The molecule has 2 heterocycles. The van der Waals surface area contributed by atoms with Crippen molar-refractivity contribution in [3.05, 3.63) is 0 Å². The molecule has 0 unspecified atom stereocenters. The van der Waals surface area contributed by atoms with Crippen LogP contribution in [0.25, 0.3) is 0 Å². The number of hydrogen-bond acceptors (Lipinski definition) is 6. The van der Waals surface area contributed by atoms with E-state index in [4.69, 9.17) is 9.47 Å². The molecule has 6 fully saturated rings. The first-order valence-corrected chi connectivity index (χ1v) is 16.7. The lowest BCUT2D eigenvalue weighted by atomic mass is 9.44. The second-order valence-electron chi connectivity index (χ2n) is 15.5. The molecule has 4 saturated carbocycles. The first-order valence-electron chi connectivity index (χ1n) is 16.7. The van der Waals surface area contributed by atoms with Crippen LogP contribution in [0, 0.1) is 34.5 Å². The van der Waals surface area contributed by atoms with Gasteiger partial charge in [-0.05, 0) is 93.5 Å². The van der Waals surface area contributed by atoms with Crippen LogP contribution in [-0.2, 0) is 19.1 Å². The maximum absolute atomic E-state index is 12.5. The minimum Gasteiger partial charge on any atom is -1.00 e. The van der Waals surface area contributed by atoms with Gasteiger partial charge in [0.25, 0.3) is 0 Å². The highest BCUT2D eigenvalue weighted by Gasteiger charge is 2.67. The molecule has 0 radical (unpaired) electrons. The largest absolute Gasteiger partial charge is 1.00 e. The van der Waals surface area contributed by atoms with Crippen LogP contribution in [-0.4, -0.2) is 91.9 Å². The summed E-state index contributed by atoms with van der Waals surface area (Å²) >= 11 is 0. The number of quaternary nitrogens is 1. The fourth-order valence-corrected chi connectivity index (χ4v) is 11.4. The Morgan fingerprint density at radius 1 is 0.878 bits per heavy atom. The van der Waals surface area contributed by atoms with Gasteiger partial charge in [-0.15, -0.1) is 0 Å². The first-order chi connectivity index (χ1) is 19.0. The normalized spacial score (nSPS) is 45.8. The van der Waals surface area contributed by atoms with Crippen molar-refractivity contribution in [3.8, 4) is 0 Å². The number of piperazine rings is 1. The predicted octanol–water partition coefficient (Wildman–Crippen LogP) is 1.39. The van der Waals surface area contributed by atoms with Crippen LogP contribution >= 0.6 is 0 Å². The van der Waals surface area contributed by atoms with E-state index in [-0.39, 0.29) is 52.0 Å².